The van der Waals surface area contributed by atoms with E-state index >= 15 is 0 Å². The standard InChI is InChI=1S/C17H25N3O2/c1-11-15(12(2)19-18-11)6-8-20(3)17(21)14-4-5-16-13(10-14)7-9-22-16/h4-5,10-12,15,18-19H,6-9H2,1-3H3. The molecule has 0 aliphatic carbocycles. The Morgan fingerprint density at radius 1 is 1.32 bits per heavy atom. The minimum atomic E-state index is 0.0916. The maximum atomic E-state index is 12.6. The number of amides is 1. The Bertz CT molecular complexity index is 551. The van der Waals surface area contributed by atoms with Crippen molar-refractivity contribution >= 4 is 5.91 Å². The van der Waals surface area contributed by atoms with Crippen LogP contribution >= 0.6 is 0 Å². The molecule has 0 bridgehead atoms. The van der Waals surface area contributed by atoms with Gasteiger partial charge in [-0.2, -0.15) is 0 Å². The van der Waals surface area contributed by atoms with Crippen molar-refractivity contribution in [2.45, 2.75) is 38.8 Å². The van der Waals surface area contributed by atoms with E-state index in [-0.39, 0.29) is 5.91 Å². The zero-order chi connectivity index (χ0) is 15.7. The Morgan fingerprint density at radius 3 is 2.77 bits per heavy atom. The molecule has 5 nitrogen and oxygen atoms in total. The summed E-state index contributed by atoms with van der Waals surface area (Å²) in [6.45, 7) is 5.86. The van der Waals surface area contributed by atoms with E-state index in [1.165, 1.54) is 0 Å². The molecule has 2 aliphatic heterocycles. The molecule has 0 radical (unpaired) electrons. The minimum Gasteiger partial charge on any atom is -0.493 e. The van der Waals surface area contributed by atoms with Crippen molar-refractivity contribution in [3.8, 4) is 5.75 Å². The average molecular weight is 303 g/mol. The summed E-state index contributed by atoms with van der Waals surface area (Å²) in [5, 5.41) is 0. The Hall–Kier alpha value is -1.59. The van der Waals surface area contributed by atoms with Crippen LogP contribution in [0.5, 0.6) is 5.75 Å². The molecule has 2 aliphatic rings. The molecule has 1 amide bonds. The fraction of sp³-hybridized carbons (Fsp3) is 0.588. The van der Waals surface area contributed by atoms with Gasteiger partial charge in [0.1, 0.15) is 5.75 Å². The van der Waals surface area contributed by atoms with Crippen molar-refractivity contribution in [2.75, 3.05) is 20.2 Å². The zero-order valence-corrected chi connectivity index (χ0v) is 13.6. The lowest BCUT2D eigenvalue weighted by Crippen LogP contribution is -2.32. The number of hydrazine groups is 1. The average Bonchev–Trinajstić information content (AvgIpc) is 3.10. The van der Waals surface area contributed by atoms with Crippen molar-refractivity contribution in [3.63, 3.8) is 0 Å². The molecule has 3 rings (SSSR count). The first-order valence-electron chi connectivity index (χ1n) is 8.08. The third kappa shape index (κ3) is 2.96. The van der Waals surface area contributed by atoms with E-state index in [0.29, 0.717) is 18.0 Å². The maximum Gasteiger partial charge on any atom is 0.253 e. The van der Waals surface area contributed by atoms with Crippen molar-refractivity contribution in [3.05, 3.63) is 29.3 Å². The SMILES string of the molecule is CC1NNC(C)C1CCN(C)C(=O)c1ccc2c(c1)CCO2. The number of ether oxygens (including phenoxy) is 1. The minimum absolute atomic E-state index is 0.0916. The van der Waals surface area contributed by atoms with Crippen LogP contribution in [0.2, 0.25) is 0 Å². The van der Waals surface area contributed by atoms with Gasteiger partial charge in [0, 0.05) is 37.7 Å². The molecular formula is C17H25N3O2. The quantitative estimate of drug-likeness (QED) is 0.887. The van der Waals surface area contributed by atoms with Crippen molar-refractivity contribution in [1.82, 2.24) is 15.8 Å². The highest BCUT2D eigenvalue weighted by Crippen LogP contribution is 2.26. The van der Waals surface area contributed by atoms with Crippen molar-refractivity contribution in [2.24, 2.45) is 5.92 Å². The maximum absolute atomic E-state index is 12.6. The number of rotatable bonds is 4. The molecule has 2 atom stereocenters. The van der Waals surface area contributed by atoms with Crippen LogP contribution in [0.15, 0.2) is 18.2 Å². The molecule has 0 aromatic heterocycles. The second-order valence-electron chi connectivity index (χ2n) is 6.47. The molecule has 120 valence electrons. The van der Waals surface area contributed by atoms with E-state index in [1.54, 1.807) is 0 Å². The molecule has 2 unspecified atom stereocenters. The van der Waals surface area contributed by atoms with Crippen LogP contribution in [-0.2, 0) is 6.42 Å². The van der Waals surface area contributed by atoms with Gasteiger partial charge in [-0.25, -0.2) is 0 Å². The lowest BCUT2D eigenvalue weighted by atomic mass is 9.93. The summed E-state index contributed by atoms with van der Waals surface area (Å²) in [4.78, 5) is 14.4. The Balaban J connectivity index is 1.60. The van der Waals surface area contributed by atoms with E-state index in [1.807, 2.05) is 30.1 Å². The molecule has 1 fully saturated rings. The predicted octanol–water partition coefficient (Wildman–Crippen LogP) is 1.58. The molecular weight excluding hydrogens is 278 g/mol. The summed E-state index contributed by atoms with van der Waals surface area (Å²) >= 11 is 0. The molecule has 1 aromatic rings. The first-order chi connectivity index (χ1) is 10.6. The predicted molar refractivity (Wildman–Crippen MR) is 85.9 cm³/mol. The van der Waals surface area contributed by atoms with Crippen LogP contribution in [0.1, 0.15) is 36.2 Å². The number of carbonyl (C=O) groups excluding carboxylic acids is 1. The van der Waals surface area contributed by atoms with Gasteiger partial charge < -0.3 is 9.64 Å². The Kier molecular flexibility index (Phi) is 4.36. The van der Waals surface area contributed by atoms with Crippen molar-refractivity contribution in [1.29, 1.82) is 0 Å². The molecule has 5 heteroatoms. The van der Waals surface area contributed by atoms with Gasteiger partial charge in [-0.1, -0.05) is 0 Å². The molecule has 1 saturated heterocycles. The Morgan fingerprint density at radius 2 is 2.05 bits per heavy atom. The summed E-state index contributed by atoms with van der Waals surface area (Å²) in [5.41, 5.74) is 8.43. The van der Waals surface area contributed by atoms with Crippen molar-refractivity contribution < 1.29 is 9.53 Å². The monoisotopic (exact) mass is 303 g/mol. The van der Waals surface area contributed by atoms with Crippen LogP contribution in [-0.4, -0.2) is 43.1 Å². The topological polar surface area (TPSA) is 53.6 Å². The fourth-order valence-corrected chi connectivity index (χ4v) is 3.39. The third-order valence-electron chi connectivity index (χ3n) is 4.90. The smallest absolute Gasteiger partial charge is 0.253 e. The second kappa shape index (κ2) is 6.26. The highest BCUT2D eigenvalue weighted by Gasteiger charge is 2.30. The summed E-state index contributed by atoms with van der Waals surface area (Å²) in [6.07, 6.45) is 1.90. The van der Waals surface area contributed by atoms with Crippen LogP contribution in [0.3, 0.4) is 0 Å². The van der Waals surface area contributed by atoms with Crippen LogP contribution < -0.4 is 15.6 Å². The van der Waals surface area contributed by atoms with Crippen LogP contribution in [0.25, 0.3) is 0 Å². The summed E-state index contributed by atoms with van der Waals surface area (Å²) in [5.74, 6) is 1.56. The first kappa shape index (κ1) is 15.3. The van der Waals surface area contributed by atoms with Gasteiger partial charge >= 0.3 is 0 Å². The molecule has 1 aromatic carbocycles. The van der Waals surface area contributed by atoms with Gasteiger partial charge in [0.2, 0.25) is 0 Å². The van der Waals surface area contributed by atoms with Gasteiger partial charge in [0.15, 0.2) is 0 Å². The lowest BCUT2D eigenvalue weighted by molar-refractivity contribution is 0.0785. The second-order valence-corrected chi connectivity index (χ2v) is 6.47. The van der Waals surface area contributed by atoms with E-state index < -0.39 is 0 Å². The van der Waals surface area contributed by atoms with E-state index in [2.05, 4.69) is 24.7 Å². The number of nitrogens with zero attached hydrogens (tertiary/aromatic N) is 1. The number of carbonyl (C=O) groups is 1. The third-order valence-corrected chi connectivity index (χ3v) is 4.90. The number of benzene rings is 1. The number of nitrogens with one attached hydrogen (secondary N) is 2. The summed E-state index contributed by atoms with van der Waals surface area (Å²) in [7, 11) is 1.89. The highest BCUT2D eigenvalue weighted by molar-refractivity contribution is 5.94. The van der Waals surface area contributed by atoms with Crippen LogP contribution in [0.4, 0.5) is 0 Å². The lowest BCUT2D eigenvalue weighted by Gasteiger charge is -2.23. The molecule has 2 N–H and O–H groups in total. The number of hydrogen-bond acceptors (Lipinski definition) is 4. The van der Waals surface area contributed by atoms with Gasteiger partial charge in [-0.05, 0) is 49.9 Å². The summed E-state index contributed by atoms with van der Waals surface area (Å²) in [6, 6.07) is 6.64. The highest BCUT2D eigenvalue weighted by atomic mass is 16.5. The first-order valence-corrected chi connectivity index (χ1v) is 8.08. The largest absolute Gasteiger partial charge is 0.493 e. The summed E-state index contributed by atoms with van der Waals surface area (Å²) < 4.78 is 5.49. The molecule has 22 heavy (non-hydrogen) atoms. The molecule has 0 saturated carbocycles. The van der Waals surface area contributed by atoms with Gasteiger partial charge in [-0.15, -0.1) is 0 Å². The normalized spacial score (nSPS) is 26.6. The molecule has 0 spiro atoms. The van der Waals surface area contributed by atoms with Gasteiger partial charge in [-0.3, -0.25) is 15.6 Å². The van der Waals surface area contributed by atoms with E-state index in [9.17, 15) is 4.79 Å². The van der Waals surface area contributed by atoms with Crippen LogP contribution in [0, 0.1) is 5.92 Å². The van der Waals surface area contributed by atoms with Gasteiger partial charge in [0.05, 0.1) is 6.61 Å². The zero-order valence-electron chi connectivity index (χ0n) is 13.6. The Labute approximate surface area is 132 Å². The van der Waals surface area contributed by atoms with E-state index in [4.69, 9.17) is 4.74 Å². The van der Waals surface area contributed by atoms with E-state index in [0.717, 1.165) is 42.9 Å². The number of hydrogen-bond donors (Lipinski definition) is 2. The fourth-order valence-electron chi connectivity index (χ4n) is 3.39. The van der Waals surface area contributed by atoms with Gasteiger partial charge in [0.25, 0.3) is 5.91 Å². The molecule has 2 heterocycles. The number of fused-ring (bicyclic) bond motifs is 1.